The molecule has 50 valence electrons. The van der Waals surface area contributed by atoms with Gasteiger partial charge in [-0.1, -0.05) is 6.92 Å². The molecule has 0 unspecified atom stereocenters. The molecular formula is C6H11N3. The Morgan fingerprint density at radius 3 is 2.89 bits per heavy atom. The zero-order chi connectivity index (χ0) is 6.69. The minimum atomic E-state index is 0.924. The molecule has 0 aliphatic rings. The van der Waals surface area contributed by atoms with Gasteiger partial charge in [-0.3, -0.25) is 0 Å². The molecule has 0 bridgehead atoms. The van der Waals surface area contributed by atoms with Crippen molar-refractivity contribution in [3.63, 3.8) is 0 Å². The number of hydrogen-bond donors (Lipinski definition) is 0. The Kier molecular flexibility index (Phi) is 1.82. The summed E-state index contributed by atoms with van der Waals surface area (Å²) in [6.07, 6.45) is 2.86. The molecule has 0 spiro atoms. The van der Waals surface area contributed by atoms with E-state index in [2.05, 4.69) is 17.1 Å². The zero-order valence-corrected chi connectivity index (χ0v) is 5.83. The maximum Gasteiger partial charge on any atom is 0.0796 e. The van der Waals surface area contributed by atoms with Gasteiger partial charge in [-0.15, -0.1) is 0 Å². The third-order valence-electron chi connectivity index (χ3n) is 1.07. The van der Waals surface area contributed by atoms with Crippen molar-refractivity contribution >= 4 is 0 Å². The van der Waals surface area contributed by atoms with Gasteiger partial charge in [-0.25, -0.2) is 0 Å². The summed E-state index contributed by atoms with van der Waals surface area (Å²) in [4.78, 5) is 1.72. The van der Waals surface area contributed by atoms with E-state index in [-0.39, 0.29) is 0 Å². The van der Waals surface area contributed by atoms with E-state index >= 15 is 0 Å². The van der Waals surface area contributed by atoms with Gasteiger partial charge in [0.25, 0.3) is 0 Å². The maximum absolute atomic E-state index is 4.11. The van der Waals surface area contributed by atoms with Crippen LogP contribution in [0.2, 0.25) is 0 Å². The van der Waals surface area contributed by atoms with Gasteiger partial charge in [0, 0.05) is 0 Å². The Bertz CT molecular complexity index is 180. The smallest absolute Gasteiger partial charge is 0.0796 e. The first-order chi connectivity index (χ1) is 4.33. The van der Waals surface area contributed by atoms with Crippen LogP contribution in [0.15, 0.2) is 6.20 Å². The molecule has 3 heteroatoms. The van der Waals surface area contributed by atoms with Crippen LogP contribution in [0.25, 0.3) is 0 Å². The molecule has 1 heterocycles. The summed E-state index contributed by atoms with van der Waals surface area (Å²) in [5.74, 6) is 0. The largest absolute Gasteiger partial charge is 0.185 e. The highest BCUT2D eigenvalue weighted by Crippen LogP contribution is 1.88. The Morgan fingerprint density at radius 1 is 1.67 bits per heavy atom. The Hall–Kier alpha value is -0.860. The molecule has 0 amide bonds. The lowest BCUT2D eigenvalue weighted by molar-refractivity contribution is 0.526. The second-order valence-corrected chi connectivity index (χ2v) is 2.08. The number of hydrogen-bond acceptors (Lipinski definition) is 2. The molecule has 0 N–H and O–H groups in total. The van der Waals surface area contributed by atoms with E-state index in [0.29, 0.717) is 0 Å². The number of aryl methyl sites for hydroxylation is 2. The zero-order valence-electron chi connectivity index (χ0n) is 5.83. The van der Waals surface area contributed by atoms with Crippen molar-refractivity contribution in [2.45, 2.75) is 26.8 Å². The van der Waals surface area contributed by atoms with Crippen molar-refractivity contribution in [3.05, 3.63) is 11.9 Å². The molecule has 0 saturated heterocycles. The lowest BCUT2D eigenvalue weighted by Crippen LogP contribution is -2.00. The summed E-state index contributed by atoms with van der Waals surface area (Å²) in [6, 6.07) is 0. The molecule has 0 atom stereocenters. The summed E-state index contributed by atoms with van der Waals surface area (Å²) in [5.41, 5.74) is 0.989. The minimum Gasteiger partial charge on any atom is -0.185 e. The number of nitrogens with zero attached hydrogens (tertiary/aromatic N) is 3. The lowest BCUT2D eigenvalue weighted by Gasteiger charge is -1.91. The van der Waals surface area contributed by atoms with Crippen LogP contribution < -0.4 is 0 Å². The summed E-state index contributed by atoms with van der Waals surface area (Å²) >= 11 is 0. The highest BCUT2D eigenvalue weighted by atomic mass is 15.5. The summed E-state index contributed by atoms with van der Waals surface area (Å²) in [6.45, 7) is 4.98. The van der Waals surface area contributed by atoms with Gasteiger partial charge in [0.1, 0.15) is 0 Å². The minimum absolute atomic E-state index is 0.924. The van der Waals surface area contributed by atoms with E-state index in [9.17, 15) is 0 Å². The van der Waals surface area contributed by atoms with Gasteiger partial charge < -0.3 is 0 Å². The maximum atomic E-state index is 4.11. The van der Waals surface area contributed by atoms with Crippen molar-refractivity contribution in [1.29, 1.82) is 0 Å². The van der Waals surface area contributed by atoms with E-state index in [1.807, 2.05) is 6.92 Å². The van der Waals surface area contributed by atoms with Crippen LogP contribution in [0, 0.1) is 6.92 Å². The predicted octanol–water partition coefficient (Wildman–Crippen LogP) is 0.997. The fourth-order valence-electron chi connectivity index (χ4n) is 0.692. The van der Waals surface area contributed by atoms with Gasteiger partial charge in [-0.2, -0.15) is 15.0 Å². The van der Waals surface area contributed by atoms with Crippen molar-refractivity contribution < 1.29 is 0 Å². The Balaban J connectivity index is 2.61. The molecular weight excluding hydrogens is 114 g/mol. The number of rotatable bonds is 2. The van der Waals surface area contributed by atoms with Crippen LogP contribution in [-0.2, 0) is 6.54 Å². The molecule has 0 fully saturated rings. The van der Waals surface area contributed by atoms with Crippen molar-refractivity contribution in [3.8, 4) is 0 Å². The molecule has 0 radical (unpaired) electrons. The molecule has 1 aromatic heterocycles. The highest BCUT2D eigenvalue weighted by Gasteiger charge is 1.90. The first-order valence-corrected chi connectivity index (χ1v) is 3.19. The predicted molar refractivity (Wildman–Crippen MR) is 35.0 cm³/mol. The standard InChI is InChI=1S/C6H11N3/c1-3-4-9-7-5-6(2)8-9/h5H,3-4H2,1-2H3. The fraction of sp³-hybridized carbons (Fsp3) is 0.667. The van der Waals surface area contributed by atoms with Crippen molar-refractivity contribution in [2.75, 3.05) is 0 Å². The van der Waals surface area contributed by atoms with Gasteiger partial charge >= 0.3 is 0 Å². The lowest BCUT2D eigenvalue weighted by atomic mass is 10.5. The second-order valence-electron chi connectivity index (χ2n) is 2.08. The van der Waals surface area contributed by atoms with Gasteiger partial charge in [0.2, 0.25) is 0 Å². The van der Waals surface area contributed by atoms with E-state index in [1.54, 1.807) is 11.0 Å². The van der Waals surface area contributed by atoms with Crippen molar-refractivity contribution in [1.82, 2.24) is 15.0 Å². The molecule has 3 nitrogen and oxygen atoms in total. The summed E-state index contributed by atoms with van der Waals surface area (Å²) in [5, 5.41) is 8.12. The second kappa shape index (κ2) is 2.62. The van der Waals surface area contributed by atoms with E-state index in [0.717, 1.165) is 18.7 Å². The molecule has 0 aromatic carbocycles. The first-order valence-electron chi connectivity index (χ1n) is 3.19. The average Bonchev–Trinajstić information content (AvgIpc) is 2.17. The van der Waals surface area contributed by atoms with Crippen LogP contribution >= 0.6 is 0 Å². The third kappa shape index (κ3) is 1.52. The molecule has 1 aromatic rings. The van der Waals surface area contributed by atoms with Crippen LogP contribution in [0.5, 0.6) is 0 Å². The topological polar surface area (TPSA) is 30.7 Å². The quantitative estimate of drug-likeness (QED) is 0.590. The number of aromatic nitrogens is 3. The summed E-state index contributed by atoms with van der Waals surface area (Å²) < 4.78 is 0. The monoisotopic (exact) mass is 125 g/mol. The van der Waals surface area contributed by atoms with Crippen LogP contribution in [0.1, 0.15) is 19.0 Å². The van der Waals surface area contributed by atoms with E-state index in [4.69, 9.17) is 0 Å². The fourth-order valence-corrected chi connectivity index (χ4v) is 0.692. The molecule has 0 saturated carbocycles. The molecule has 9 heavy (non-hydrogen) atoms. The first kappa shape index (κ1) is 6.26. The normalized spacial score (nSPS) is 10.0. The third-order valence-corrected chi connectivity index (χ3v) is 1.07. The Labute approximate surface area is 54.7 Å². The molecule has 0 aliphatic carbocycles. The highest BCUT2D eigenvalue weighted by molar-refractivity contribution is 4.84. The molecule has 1 rings (SSSR count). The van der Waals surface area contributed by atoms with E-state index in [1.165, 1.54) is 0 Å². The van der Waals surface area contributed by atoms with Crippen LogP contribution in [0.4, 0.5) is 0 Å². The SMILES string of the molecule is CCCn1ncc(C)n1. The average molecular weight is 125 g/mol. The summed E-state index contributed by atoms with van der Waals surface area (Å²) in [7, 11) is 0. The molecule has 0 aliphatic heterocycles. The van der Waals surface area contributed by atoms with Crippen LogP contribution in [-0.4, -0.2) is 15.0 Å². The van der Waals surface area contributed by atoms with Gasteiger partial charge in [0.15, 0.2) is 0 Å². The Morgan fingerprint density at radius 2 is 2.44 bits per heavy atom. The van der Waals surface area contributed by atoms with Gasteiger partial charge in [-0.05, 0) is 13.3 Å². The van der Waals surface area contributed by atoms with Crippen LogP contribution in [0.3, 0.4) is 0 Å². The van der Waals surface area contributed by atoms with Gasteiger partial charge in [0.05, 0.1) is 18.4 Å². The van der Waals surface area contributed by atoms with E-state index < -0.39 is 0 Å². The van der Waals surface area contributed by atoms with Crippen molar-refractivity contribution in [2.24, 2.45) is 0 Å².